The number of hydrogen-bond donors (Lipinski definition) is 1. The molecule has 0 aliphatic heterocycles. The maximum absolute atomic E-state index is 12.6. The number of imidazole rings is 1. The van der Waals surface area contributed by atoms with E-state index in [0.717, 1.165) is 18.6 Å². The number of nitrogens with two attached hydrogens (primary N) is 1. The molecular weight excluding hydrogens is 255 g/mol. The number of fused-ring (bicyclic) bond motifs is 1. The highest BCUT2D eigenvalue weighted by Gasteiger charge is 2.31. The largest absolute Gasteiger partial charge is 0.416 e. The van der Waals surface area contributed by atoms with Gasteiger partial charge < -0.3 is 10.3 Å². The fourth-order valence-electron chi connectivity index (χ4n) is 1.99. The predicted octanol–water partition coefficient (Wildman–Crippen LogP) is 2.87. The average Bonchev–Trinajstić information content (AvgIpc) is 2.64. The molecule has 2 rings (SSSR count). The van der Waals surface area contributed by atoms with Gasteiger partial charge in [-0.25, -0.2) is 4.98 Å². The van der Waals surface area contributed by atoms with Crippen molar-refractivity contribution in [2.75, 3.05) is 0 Å². The fourth-order valence-corrected chi connectivity index (χ4v) is 1.99. The lowest BCUT2D eigenvalue weighted by Gasteiger charge is -2.08. The van der Waals surface area contributed by atoms with Crippen LogP contribution in [0.2, 0.25) is 0 Å². The quantitative estimate of drug-likeness (QED) is 0.932. The summed E-state index contributed by atoms with van der Waals surface area (Å²) in [7, 11) is 1.79. The molecule has 0 radical (unpaired) electrons. The normalized spacial score (nSPS) is 14.0. The molecule has 6 heteroatoms. The standard InChI is InChI=1S/C13H16F3N3/c1-3-9(17)7-12-18-10-6-8(13(14,15)16)4-5-11(10)19(12)2/h4-6,9H,3,7,17H2,1-2H3. The number of halogens is 3. The highest BCUT2D eigenvalue weighted by molar-refractivity contribution is 5.77. The number of aryl methyl sites for hydroxylation is 1. The van der Waals surface area contributed by atoms with Crippen molar-refractivity contribution in [3.63, 3.8) is 0 Å². The minimum atomic E-state index is -4.34. The summed E-state index contributed by atoms with van der Waals surface area (Å²) < 4.78 is 39.7. The zero-order valence-corrected chi connectivity index (χ0v) is 10.8. The van der Waals surface area contributed by atoms with Crippen molar-refractivity contribution in [1.29, 1.82) is 0 Å². The number of hydrogen-bond acceptors (Lipinski definition) is 2. The maximum atomic E-state index is 12.6. The lowest BCUT2D eigenvalue weighted by atomic mass is 10.1. The van der Waals surface area contributed by atoms with E-state index in [1.807, 2.05) is 6.92 Å². The van der Waals surface area contributed by atoms with Gasteiger partial charge in [-0.05, 0) is 24.6 Å². The Labute approximate surface area is 109 Å². The van der Waals surface area contributed by atoms with Gasteiger partial charge in [0.15, 0.2) is 0 Å². The van der Waals surface area contributed by atoms with Gasteiger partial charge in [0.25, 0.3) is 0 Å². The van der Waals surface area contributed by atoms with E-state index in [2.05, 4.69) is 4.98 Å². The molecule has 0 saturated carbocycles. The number of rotatable bonds is 3. The van der Waals surface area contributed by atoms with Crippen molar-refractivity contribution in [3.05, 3.63) is 29.6 Å². The average molecular weight is 271 g/mol. The first-order valence-electron chi connectivity index (χ1n) is 6.11. The maximum Gasteiger partial charge on any atom is 0.416 e. The van der Waals surface area contributed by atoms with Gasteiger partial charge in [-0.3, -0.25) is 0 Å². The highest BCUT2D eigenvalue weighted by Crippen LogP contribution is 2.31. The number of nitrogens with zero attached hydrogens (tertiary/aromatic N) is 2. The Balaban J connectivity index is 2.45. The van der Waals surface area contributed by atoms with Gasteiger partial charge in [-0.15, -0.1) is 0 Å². The lowest BCUT2D eigenvalue weighted by Crippen LogP contribution is -2.23. The minimum Gasteiger partial charge on any atom is -0.331 e. The zero-order chi connectivity index (χ0) is 14.2. The van der Waals surface area contributed by atoms with E-state index in [0.29, 0.717) is 23.3 Å². The van der Waals surface area contributed by atoms with Gasteiger partial charge in [-0.1, -0.05) is 6.92 Å². The van der Waals surface area contributed by atoms with Crippen LogP contribution in [0.15, 0.2) is 18.2 Å². The third-order valence-electron chi connectivity index (χ3n) is 3.27. The molecule has 0 spiro atoms. The lowest BCUT2D eigenvalue weighted by molar-refractivity contribution is -0.137. The van der Waals surface area contributed by atoms with Crippen molar-refractivity contribution < 1.29 is 13.2 Å². The highest BCUT2D eigenvalue weighted by atomic mass is 19.4. The molecule has 0 amide bonds. The van der Waals surface area contributed by atoms with Crippen molar-refractivity contribution in [1.82, 2.24) is 9.55 Å². The first-order chi connectivity index (χ1) is 8.82. The Kier molecular flexibility index (Phi) is 3.54. The van der Waals surface area contributed by atoms with Gasteiger partial charge in [0, 0.05) is 19.5 Å². The molecule has 1 aromatic heterocycles. The van der Waals surface area contributed by atoms with Gasteiger partial charge >= 0.3 is 6.18 Å². The summed E-state index contributed by atoms with van der Waals surface area (Å²) in [6.45, 7) is 1.97. The molecule has 0 aliphatic rings. The molecule has 104 valence electrons. The molecule has 3 nitrogen and oxygen atoms in total. The summed E-state index contributed by atoms with van der Waals surface area (Å²) in [5, 5.41) is 0. The van der Waals surface area contributed by atoms with Crippen LogP contribution in [-0.4, -0.2) is 15.6 Å². The van der Waals surface area contributed by atoms with Crippen LogP contribution in [0.5, 0.6) is 0 Å². The molecule has 0 aliphatic carbocycles. The summed E-state index contributed by atoms with van der Waals surface area (Å²) in [6.07, 6.45) is -2.98. The van der Waals surface area contributed by atoms with E-state index in [9.17, 15) is 13.2 Å². The number of benzene rings is 1. The molecule has 0 fully saturated rings. The van der Waals surface area contributed by atoms with E-state index in [-0.39, 0.29) is 6.04 Å². The van der Waals surface area contributed by atoms with Crippen LogP contribution < -0.4 is 5.73 Å². The van der Waals surface area contributed by atoms with E-state index < -0.39 is 11.7 Å². The Hall–Kier alpha value is -1.56. The van der Waals surface area contributed by atoms with Crippen molar-refractivity contribution >= 4 is 11.0 Å². The smallest absolute Gasteiger partial charge is 0.331 e. The summed E-state index contributed by atoms with van der Waals surface area (Å²) in [5.41, 5.74) is 6.23. The Bertz CT molecular complexity index is 587. The second kappa shape index (κ2) is 4.85. The van der Waals surface area contributed by atoms with Crippen LogP contribution in [0, 0.1) is 0 Å². The van der Waals surface area contributed by atoms with Gasteiger partial charge in [-0.2, -0.15) is 13.2 Å². The van der Waals surface area contributed by atoms with E-state index >= 15 is 0 Å². The second-order valence-electron chi connectivity index (χ2n) is 4.66. The molecule has 0 saturated heterocycles. The van der Waals surface area contributed by atoms with Crippen molar-refractivity contribution in [2.24, 2.45) is 12.8 Å². The van der Waals surface area contributed by atoms with E-state index in [1.165, 1.54) is 6.07 Å². The number of alkyl halides is 3. The van der Waals surface area contributed by atoms with E-state index in [4.69, 9.17) is 5.73 Å². The molecule has 1 unspecified atom stereocenters. The molecule has 0 bridgehead atoms. The van der Waals surface area contributed by atoms with Crippen molar-refractivity contribution in [3.8, 4) is 0 Å². The van der Waals surface area contributed by atoms with Gasteiger partial charge in [0.05, 0.1) is 16.6 Å². The molecular formula is C13H16F3N3. The van der Waals surface area contributed by atoms with Gasteiger partial charge in [0.1, 0.15) is 5.82 Å². The Morgan fingerprint density at radius 1 is 1.37 bits per heavy atom. The van der Waals surface area contributed by atoms with E-state index in [1.54, 1.807) is 11.6 Å². The third kappa shape index (κ3) is 2.73. The minimum absolute atomic E-state index is 0.0300. The first kappa shape index (κ1) is 13.9. The molecule has 19 heavy (non-hydrogen) atoms. The topological polar surface area (TPSA) is 43.8 Å². The summed E-state index contributed by atoms with van der Waals surface area (Å²) in [4.78, 5) is 4.26. The van der Waals surface area contributed by atoms with Crippen LogP contribution >= 0.6 is 0 Å². The van der Waals surface area contributed by atoms with Gasteiger partial charge in [0.2, 0.25) is 0 Å². The molecule has 2 aromatic rings. The van der Waals surface area contributed by atoms with Crippen LogP contribution in [0.4, 0.5) is 13.2 Å². The first-order valence-corrected chi connectivity index (χ1v) is 6.11. The molecule has 2 N–H and O–H groups in total. The van der Waals surface area contributed by atoms with Crippen molar-refractivity contribution in [2.45, 2.75) is 32.0 Å². The predicted molar refractivity (Wildman–Crippen MR) is 67.7 cm³/mol. The molecule has 1 aromatic carbocycles. The monoisotopic (exact) mass is 271 g/mol. The Morgan fingerprint density at radius 3 is 2.63 bits per heavy atom. The second-order valence-corrected chi connectivity index (χ2v) is 4.66. The van der Waals surface area contributed by atoms with Crippen LogP contribution in [0.1, 0.15) is 24.7 Å². The molecule has 1 atom stereocenters. The molecule has 1 heterocycles. The number of aromatic nitrogens is 2. The summed E-state index contributed by atoms with van der Waals surface area (Å²) in [5.74, 6) is 0.712. The van der Waals surface area contributed by atoms with Crippen LogP contribution in [-0.2, 0) is 19.6 Å². The summed E-state index contributed by atoms with van der Waals surface area (Å²) >= 11 is 0. The SMILES string of the molecule is CCC(N)Cc1nc2cc(C(F)(F)F)ccc2n1C. The van der Waals surface area contributed by atoms with Crippen LogP contribution in [0.3, 0.4) is 0 Å². The summed E-state index contributed by atoms with van der Waals surface area (Å²) in [6, 6.07) is 3.58. The van der Waals surface area contributed by atoms with Crippen LogP contribution in [0.25, 0.3) is 11.0 Å². The Morgan fingerprint density at radius 2 is 2.05 bits per heavy atom. The zero-order valence-electron chi connectivity index (χ0n) is 10.8. The third-order valence-corrected chi connectivity index (χ3v) is 3.27. The fraction of sp³-hybridized carbons (Fsp3) is 0.462.